The van der Waals surface area contributed by atoms with Crippen molar-refractivity contribution in [3.63, 3.8) is 0 Å². The Morgan fingerprint density at radius 1 is 1.18 bits per heavy atom. The molecule has 3 heterocycles. The second kappa shape index (κ2) is 11.0. The van der Waals surface area contributed by atoms with E-state index < -0.39 is 11.5 Å². The van der Waals surface area contributed by atoms with Crippen molar-refractivity contribution in [1.29, 1.82) is 0 Å². The Hall–Kier alpha value is -4.57. The number of halogens is 2. The number of aromatic hydroxyl groups is 1. The zero-order chi connectivity index (χ0) is 27.5. The lowest BCUT2D eigenvalue weighted by Crippen LogP contribution is -2.18. The molecular weight excluding hydrogens is 525 g/mol. The number of imidazole rings is 1. The van der Waals surface area contributed by atoms with Gasteiger partial charge in [0.1, 0.15) is 23.0 Å². The predicted molar refractivity (Wildman–Crippen MR) is 145 cm³/mol. The lowest BCUT2D eigenvalue weighted by atomic mass is 10.1. The second-order valence-electron chi connectivity index (χ2n) is 8.95. The summed E-state index contributed by atoms with van der Waals surface area (Å²) >= 11 is 6.23. The molecule has 0 unspecified atom stereocenters. The molecule has 0 aliphatic rings. The smallest absolute Gasteiger partial charge is 0.328 e. The third-order valence-electron chi connectivity index (χ3n) is 6.43. The summed E-state index contributed by atoms with van der Waals surface area (Å²) in [4.78, 5) is 34.1. The number of amides is 1. The zero-order valence-electron chi connectivity index (χ0n) is 20.9. The fraction of sp³-hybridized carbons (Fsp3) is 0.179. The molecule has 5 rings (SSSR count). The number of fused-ring (bicyclic) bond motifs is 1. The molecule has 0 radical (unpaired) electrons. The number of pyridine rings is 1. The Morgan fingerprint density at radius 2 is 2.00 bits per heavy atom. The van der Waals surface area contributed by atoms with Crippen LogP contribution in [0.3, 0.4) is 0 Å². The van der Waals surface area contributed by atoms with Gasteiger partial charge < -0.3 is 25.1 Å². The van der Waals surface area contributed by atoms with E-state index in [1.54, 1.807) is 30.5 Å². The molecule has 0 fully saturated rings. The topological polar surface area (TPSA) is 125 Å². The molecule has 0 aliphatic heterocycles. The van der Waals surface area contributed by atoms with Crippen LogP contribution in [0.2, 0.25) is 5.02 Å². The van der Waals surface area contributed by atoms with E-state index in [-0.39, 0.29) is 29.8 Å². The number of hydrogen-bond acceptors (Lipinski definition) is 5. The van der Waals surface area contributed by atoms with Crippen LogP contribution in [0.25, 0.3) is 10.9 Å². The van der Waals surface area contributed by atoms with Gasteiger partial charge in [0.2, 0.25) is 5.88 Å². The summed E-state index contributed by atoms with van der Waals surface area (Å²) in [7, 11) is 1.50. The van der Waals surface area contributed by atoms with Crippen LogP contribution < -0.4 is 15.7 Å². The SMILES string of the molecule is CNC(=O)c1cc(Oc2ccc(CCCn3c(O)c(Cc4c[nH]c5c(Cl)cccc45)[nH]c3=O)c(F)c2)ccn1. The Kier molecular flexibility index (Phi) is 7.38. The van der Waals surface area contributed by atoms with Crippen molar-refractivity contribution in [2.45, 2.75) is 25.8 Å². The van der Waals surface area contributed by atoms with Crippen LogP contribution in [0.1, 0.15) is 33.7 Å². The molecule has 0 saturated heterocycles. The number of rotatable bonds is 9. The van der Waals surface area contributed by atoms with E-state index in [0.29, 0.717) is 41.3 Å². The lowest BCUT2D eigenvalue weighted by Gasteiger charge is -2.09. The molecule has 39 heavy (non-hydrogen) atoms. The summed E-state index contributed by atoms with van der Waals surface area (Å²) < 4.78 is 21.7. The third-order valence-corrected chi connectivity index (χ3v) is 6.74. The van der Waals surface area contributed by atoms with E-state index in [4.69, 9.17) is 16.3 Å². The van der Waals surface area contributed by atoms with Crippen LogP contribution in [0, 0.1) is 5.82 Å². The minimum absolute atomic E-state index is 0.144. The van der Waals surface area contributed by atoms with E-state index in [1.165, 1.54) is 29.9 Å². The number of aromatic nitrogens is 4. The van der Waals surface area contributed by atoms with Crippen LogP contribution in [0.4, 0.5) is 4.39 Å². The molecular formula is C28H25ClFN5O4. The van der Waals surface area contributed by atoms with Crippen LogP contribution in [-0.2, 0) is 19.4 Å². The maximum absolute atomic E-state index is 14.8. The first-order valence-corrected chi connectivity index (χ1v) is 12.6. The van der Waals surface area contributed by atoms with E-state index >= 15 is 0 Å². The van der Waals surface area contributed by atoms with Gasteiger partial charge in [0.25, 0.3) is 5.91 Å². The van der Waals surface area contributed by atoms with Crippen LogP contribution in [0.15, 0.2) is 65.7 Å². The number of carbonyl (C=O) groups is 1. The predicted octanol–water partition coefficient (Wildman–Crippen LogP) is 4.93. The third kappa shape index (κ3) is 5.51. The van der Waals surface area contributed by atoms with Crippen LogP contribution in [0.5, 0.6) is 17.4 Å². The van der Waals surface area contributed by atoms with Gasteiger partial charge in [-0.3, -0.25) is 14.3 Å². The van der Waals surface area contributed by atoms with Gasteiger partial charge in [0, 0.05) is 49.9 Å². The lowest BCUT2D eigenvalue weighted by molar-refractivity contribution is 0.0958. The number of aromatic amines is 2. The quantitative estimate of drug-likeness (QED) is 0.207. The summed E-state index contributed by atoms with van der Waals surface area (Å²) in [5.41, 5.74) is 2.27. The first-order chi connectivity index (χ1) is 18.8. The van der Waals surface area contributed by atoms with Crippen molar-refractivity contribution in [3.05, 3.63) is 105 Å². The number of carbonyl (C=O) groups excluding carboxylic acids is 1. The summed E-state index contributed by atoms with van der Waals surface area (Å²) in [5.74, 6) is -0.339. The number of benzene rings is 2. The molecule has 0 saturated carbocycles. The molecule has 1 amide bonds. The highest BCUT2D eigenvalue weighted by Crippen LogP contribution is 2.28. The standard InChI is InChI=1S/C28H25ClFN5O4/c1-31-26(36)23-14-19(9-10-32-23)39-18-8-7-16(22(30)13-18)4-3-11-35-27(37)24(34-28(35)38)12-17-15-33-25-20(17)5-2-6-21(25)29/h2,5-10,13-15,33,37H,3-4,11-12H2,1H3,(H,31,36)(H,34,38). The van der Waals surface area contributed by atoms with Crippen molar-refractivity contribution in [3.8, 4) is 17.4 Å². The van der Waals surface area contributed by atoms with Gasteiger partial charge in [-0.25, -0.2) is 9.18 Å². The summed E-state index contributed by atoms with van der Waals surface area (Å²) in [5, 5.41) is 14.7. The maximum atomic E-state index is 14.8. The Morgan fingerprint density at radius 3 is 2.79 bits per heavy atom. The first kappa shape index (κ1) is 26.1. The highest BCUT2D eigenvalue weighted by atomic mass is 35.5. The zero-order valence-corrected chi connectivity index (χ0v) is 21.7. The molecule has 0 aliphatic carbocycles. The van der Waals surface area contributed by atoms with Crippen molar-refractivity contribution in [2.24, 2.45) is 0 Å². The largest absolute Gasteiger partial charge is 0.493 e. The van der Waals surface area contributed by atoms with E-state index in [2.05, 4.69) is 20.3 Å². The molecule has 4 N–H and O–H groups in total. The van der Waals surface area contributed by atoms with E-state index in [0.717, 1.165) is 16.5 Å². The summed E-state index contributed by atoms with van der Waals surface area (Å²) in [6.45, 7) is 0.206. The molecule has 0 bridgehead atoms. The van der Waals surface area contributed by atoms with Gasteiger partial charge in [-0.2, -0.15) is 0 Å². The molecule has 0 atom stereocenters. The highest BCUT2D eigenvalue weighted by Gasteiger charge is 2.16. The minimum Gasteiger partial charge on any atom is -0.493 e. The van der Waals surface area contributed by atoms with Crippen molar-refractivity contribution in [2.75, 3.05) is 7.05 Å². The molecule has 200 valence electrons. The Balaban J connectivity index is 1.22. The molecule has 2 aromatic carbocycles. The Labute approximate surface area is 227 Å². The van der Waals surface area contributed by atoms with Crippen molar-refractivity contribution >= 4 is 28.4 Å². The molecule has 0 spiro atoms. The van der Waals surface area contributed by atoms with Crippen molar-refractivity contribution < 1.29 is 19.0 Å². The number of ether oxygens (including phenoxy) is 1. The van der Waals surface area contributed by atoms with Gasteiger partial charge in [0.15, 0.2) is 0 Å². The van der Waals surface area contributed by atoms with Gasteiger partial charge in [-0.05, 0) is 42.2 Å². The van der Waals surface area contributed by atoms with Gasteiger partial charge >= 0.3 is 5.69 Å². The van der Waals surface area contributed by atoms with Crippen LogP contribution in [-0.4, -0.2) is 37.6 Å². The average molecular weight is 550 g/mol. The number of para-hydroxylation sites is 1. The average Bonchev–Trinajstić information content (AvgIpc) is 3.46. The number of hydrogen-bond donors (Lipinski definition) is 4. The monoisotopic (exact) mass is 549 g/mol. The number of aryl methyl sites for hydroxylation is 1. The van der Waals surface area contributed by atoms with Gasteiger partial charge in [-0.1, -0.05) is 29.8 Å². The number of H-pyrrole nitrogens is 2. The molecule has 5 aromatic rings. The van der Waals surface area contributed by atoms with Gasteiger partial charge in [0.05, 0.1) is 16.2 Å². The fourth-order valence-corrected chi connectivity index (χ4v) is 4.67. The van der Waals surface area contributed by atoms with Crippen LogP contribution >= 0.6 is 11.6 Å². The van der Waals surface area contributed by atoms with Gasteiger partial charge in [-0.15, -0.1) is 0 Å². The summed E-state index contributed by atoms with van der Waals surface area (Å²) in [6, 6.07) is 13.1. The van der Waals surface area contributed by atoms with E-state index in [9.17, 15) is 19.1 Å². The molecule has 9 nitrogen and oxygen atoms in total. The first-order valence-electron chi connectivity index (χ1n) is 12.2. The molecule has 3 aromatic heterocycles. The number of nitrogens with zero attached hydrogens (tertiary/aromatic N) is 2. The maximum Gasteiger partial charge on any atom is 0.328 e. The number of nitrogens with one attached hydrogen (secondary N) is 3. The van der Waals surface area contributed by atoms with Crippen molar-refractivity contribution in [1.82, 2.24) is 24.8 Å². The highest BCUT2D eigenvalue weighted by molar-refractivity contribution is 6.35. The second-order valence-corrected chi connectivity index (χ2v) is 9.36. The minimum atomic E-state index is -0.461. The normalized spacial score (nSPS) is 11.2. The summed E-state index contributed by atoms with van der Waals surface area (Å²) in [6.07, 6.45) is 4.31. The van der Waals surface area contributed by atoms with E-state index in [1.807, 2.05) is 12.1 Å². The fourth-order valence-electron chi connectivity index (χ4n) is 4.44. The molecule has 11 heteroatoms. The Bertz CT molecular complexity index is 1730.